The summed E-state index contributed by atoms with van der Waals surface area (Å²) < 4.78 is 41.3. The number of benzene rings is 1. The van der Waals surface area contributed by atoms with Crippen LogP contribution in [0.5, 0.6) is 5.75 Å². The van der Waals surface area contributed by atoms with Crippen molar-refractivity contribution in [1.82, 2.24) is 5.32 Å². The van der Waals surface area contributed by atoms with Crippen molar-refractivity contribution in [2.24, 2.45) is 10.7 Å². The number of hydrogen-bond acceptors (Lipinski definition) is 2. The van der Waals surface area contributed by atoms with Crippen LogP contribution in [0, 0.1) is 0 Å². The second-order valence-corrected chi connectivity index (χ2v) is 6.09. The molecular weight excluding hydrogens is 319 g/mol. The summed E-state index contributed by atoms with van der Waals surface area (Å²) in [6.07, 6.45) is 2.77. The fourth-order valence-electron chi connectivity index (χ4n) is 2.75. The van der Waals surface area contributed by atoms with Gasteiger partial charge in [-0.15, -0.1) is 0 Å². The highest BCUT2D eigenvalue weighted by Gasteiger charge is 2.28. The molecule has 1 aliphatic carbocycles. The maximum atomic E-state index is 12.2. The minimum atomic E-state index is -4.35. The fourth-order valence-corrected chi connectivity index (χ4v) is 2.75. The van der Waals surface area contributed by atoms with Gasteiger partial charge in [0, 0.05) is 6.04 Å². The van der Waals surface area contributed by atoms with Crippen LogP contribution in [-0.4, -0.2) is 24.8 Å². The van der Waals surface area contributed by atoms with Gasteiger partial charge in [0.1, 0.15) is 5.75 Å². The van der Waals surface area contributed by atoms with E-state index < -0.39 is 12.8 Å². The van der Waals surface area contributed by atoms with E-state index in [1.165, 1.54) is 31.7 Å². The molecule has 2 rings (SSSR count). The number of nitrogens with zero attached hydrogens (tertiary/aromatic N) is 1. The topological polar surface area (TPSA) is 59.6 Å². The summed E-state index contributed by atoms with van der Waals surface area (Å²) in [6.45, 7) is -1.00. The molecule has 0 aliphatic heterocycles. The zero-order valence-electron chi connectivity index (χ0n) is 13.6. The molecule has 134 valence electrons. The molecule has 1 aliphatic rings. The van der Waals surface area contributed by atoms with Gasteiger partial charge in [-0.1, -0.05) is 37.8 Å². The molecule has 1 fully saturated rings. The number of hydrogen-bond donors (Lipinski definition) is 2. The summed E-state index contributed by atoms with van der Waals surface area (Å²) in [4.78, 5) is 4.27. The van der Waals surface area contributed by atoms with Gasteiger partial charge in [-0.3, -0.25) is 0 Å². The first-order chi connectivity index (χ1) is 11.4. The molecule has 0 bridgehead atoms. The van der Waals surface area contributed by atoms with Crippen molar-refractivity contribution in [3.05, 3.63) is 29.8 Å². The van der Waals surface area contributed by atoms with Crippen LogP contribution in [0.15, 0.2) is 29.3 Å². The Balaban J connectivity index is 1.85. The van der Waals surface area contributed by atoms with E-state index in [2.05, 4.69) is 10.3 Å². The number of nitrogens with two attached hydrogens (primary N) is 1. The summed E-state index contributed by atoms with van der Waals surface area (Å²) in [6, 6.07) is 6.83. The molecular formula is C17H24F3N3O. The molecule has 3 N–H and O–H groups in total. The van der Waals surface area contributed by atoms with Gasteiger partial charge in [-0.25, -0.2) is 4.99 Å². The van der Waals surface area contributed by atoms with Crippen LogP contribution < -0.4 is 15.8 Å². The van der Waals surface area contributed by atoms with Gasteiger partial charge >= 0.3 is 6.18 Å². The summed E-state index contributed by atoms with van der Waals surface area (Å²) in [5, 5.41) is 3.24. The number of aliphatic imine (C=N–C) groups is 1. The van der Waals surface area contributed by atoms with E-state index in [1.807, 2.05) is 0 Å². The maximum Gasteiger partial charge on any atom is 0.422 e. The molecule has 1 saturated carbocycles. The van der Waals surface area contributed by atoms with Crippen LogP contribution in [-0.2, 0) is 6.54 Å². The highest BCUT2D eigenvalue weighted by atomic mass is 19.4. The Hall–Kier alpha value is -1.92. The Bertz CT molecular complexity index is 538. The number of ether oxygens (including phenoxy) is 1. The molecule has 4 nitrogen and oxygen atoms in total. The smallest absolute Gasteiger partial charge is 0.422 e. The Morgan fingerprint density at radius 3 is 2.58 bits per heavy atom. The number of guanidine groups is 1. The monoisotopic (exact) mass is 343 g/mol. The summed E-state index contributed by atoms with van der Waals surface area (Å²) in [5.74, 6) is 0.554. The lowest BCUT2D eigenvalue weighted by molar-refractivity contribution is -0.153. The van der Waals surface area contributed by atoms with Gasteiger partial charge in [0.05, 0.1) is 6.54 Å². The molecule has 1 aromatic carbocycles. The predicted octanol–water partition coefficient (Wildman–Crippen LogP) is 3.75. The van der Waals surface area contributed by atoms with Crippen molar-refractivity contribution in [3.8, 4) is 5.75 Å². The third-order valence-corrected chi connectivity index (χ3v) is 3.94. The van der Waals surface area contributed by atoms with Gasteiger partial charge in [-0.2, -0.15) is 13.2 Å². The summed E-state index contributed by atoms with van der Waals surface area (Å²) in [7, 11) is 0. The molecule has 0 amide bonds. The van der Waals surface area contributed by atoms with E-state index in [1.54, 1.807) is 18.2 Å². The fraction of sp³-hybridized carbons (Fsp3) is 0.588. The van der Waals surface area contributed by atoms with E-state index in [4.69, 9.17) is 10.5 Å². The first-order valence-electron chi connectivity index (χ1n) is 8.27. The third-order valence-electron chi connectivity index (χ3n) is 3.94. The Kier molecular flexibility index (Phi) is 6.75. The number of nitrogens with one attached hydrogen (secondary N) is 1. The van der Waals surface area contributed by atoms with E-state index in [-0.39, 0.29) is 5.75 Å². The van der Waals surface area contributed by atoms with Gasteiger partial charge in [0.15, 0.2) is 12.6 Å². The first kappa shape index (κ1) is 18.4. The van der Waals surface area contributed by atoms with Gasteiger partial charge in [-0.05, 0) is 30.5 Å². The van der Waals surface area contributed by atoms with Gasteiger partial charge in [0.25, 0.3) is 0 Å². The second kappa shape index (κ2) is 8.80. The molecule has 0 aromatic heterocycles. The molecule has 0 atom stereocenters. The summed E-state index contributed by atoms with van der Waals surface area (Å²) >= 11 is 0. The molecule has 1 aromatic rings. The lowest BCUT2D eigenvalue weighted by Gasteiger charge is -2.16. The normalized spacial score (nSPS) is 17.4. The molecule has 24 heavy (non-hydrogen) atoms. The van der Waals surface area contributed by atoms with Crippen LogP contribution in [0.2, 0.25) is 0 Å². The molecule has 0 unspecified atom stereocenters. The van der Waals surface area contributed by atoms with Crippen LogP contribution >= 0.6 is 0 Å². The highest BCUT2D eigenvalue weighted by Crippen LogP contribution is 2.20. The molecule has 0 radical (unpaired) electrons. The number of halogens is 3. The van der Waals surface area contributed by atoms with Gasteiger partial charge < -0.3 is 15.8 Å². The van der Waals surface area contributed by atoms with Crippen molar-refractivity contribution in [2.45, 2.75) is 57.3 Å². The Morgan fingerprint density at radius 1 is 1.21 bits per heavy atom. The van der Waals surface area contributed by atoms with Crippen LogP contribution in [0.25, 0.3) is 0 Å². The average Bonchev–Trinajstić information content (AvgIpc) is 2.79. The van der Waals surface area contributed by atoms with Crippen molar-refractivity contribution in [1.29, 1.82) is 0 Å². The Labute approximate surface area is 140 Å². The van der Waals surface area contributed by atoms with Crippen LogP contribution in [0.3, 0.4) is 0 Å². The largest absolute Gasteiger partial charge is 0.484 e. The van der Waals surface area contributed by atoms with Crippen molar-refractivity contribution >= 4 is 5.96 Å². The average molecular weight is 343 g/mol. The lowest BCUT2D eigenvalue weighted by Crippen LogP contribution is -2.39. The van der Waals surface area contributed by atoms with Crippen molar-refractivity contribution in [2.75, 3.05) is 6.61 Å². The van der Waals surface area contributed by atoms with E-state index in [0.717, 1.165) is 18.4 Å². The van der Waals surface area contributed by atoms with Gasteiger partial charge in [0.2, 0.25) is 0 Å². The zero-order chi connectivity index (χ0) is 17.4. The van der Waals surface area contributed by atoms with Crippen molar-refractivity contribution < 1.29 is 17.9 Å². The van der Waals surface area contributed by atoms with E-state index >= 15 is 0 Å². The number of rotatable bonds is 5. The first-order valence-corrected chi connectivity index (χ1v) is 8.27. The zero-order valence-corrected chi connectivity index (χ0v) is 13.6. The van der Waals surface area contributed by atoms with E-state index in [0.29, 0.717) is 18.5 Å². The lowest BCUT2D eigenvalue weighted by atomic mass is 10.1. The van der Waals surface area contributed by atoms with Crippen LogP contribution in [0.1, 0.15) is 44.1 Å². The quantitative estimate of drug-likeness (QED) is 0.486. The minimum Gasteiger partial charge on any atom is -0.484 e. The highest BCUT2D eigenvalue weighted by molar-refractivity contribution is 5.78. The third kappa shape index (κ3) is 7.10. The maximum absolute atomic E-state index is 12.2. The minimum absolute atomic E-state index is 0.176. The molecule has 0 saturated heterocycles. The van der Waals surface area contributed by atoms with Crippen LogP contribution in [0.4, 0.5) is 13.2 Å². The molecule has 7 heteroatoms. The second-order valence-electron chi connectivity index (χ2n) is 6.09. The predicted molar refractivity (Wildman–Crippen MR) is 87.9 cm³/mol. The Morgan fingerprint density at radius 2 is 1.92 bits per heavy atom. The molecule has 0 heterocycles. The SMILES string of the molecule is NC(=NCc1cccc(OCC(F)(F)F)c1)NC1CCCCCC1. The summed E-state index contributed by atoms with van der Waals surface area (Å²) in [5.41, 5.74) is 6.67. The number of alkyl halides is 3. The van der Waals surface area contributed by atoms with E-state index in [9.17, 15) is 13.2 Å². The molecule has 0 spiro atoms. The standard InChI is InChI=1S/C17H24F3N3O/c18-17(19,20)12-24-15-9-5-6-13(10-15)11-22-16(21)23-14-7-3-1-2-4-8-14/h5-6,9-10,14H,1-4,7-8,11-12H2,(H3,21,22,23). The van der Waals surface area contributed by atoms with Crippen molar-refractivity contribution in [3.63, 3.8) is 0 Å².